The Kier molecular flexibility index (Phi) is 19.1. The van der Waals surface area contributed by atoms with Crippen LogP contribution in [0.25, 0.3) is 0 Å². The lowest BCUT2D eigenvalue weighted by molar-refractivity contribution is 0.214. The lowest BCUT2D eigenvalue weighted by Crippen LogP contribution is -1.99. The molecule has 0 saturated carbocycles. The number of hydrogen-bond acceptors (Lipinski definition) is 1. The molecule has 0 aromatic rings. The van der Waals surface area contributed by atoms with Crippen molar-refractivity contribution in [2.24, 2.45) is 0 Å². The van der Waals surface area contributed by atoms with E-state index in [1.54, 1.807) is 6.08 Å². The summed E-state index contributed by atoms with van der Waals surface area (Å²) in [5.74, 6) is 0. The van der Waals surface area contributed by atoms with Crippen molar-refractivity contribution < 1.29 is 5.11 Å². The van der Waals surface area contributed by atoms with Gasteiger partial charge in [-0.1, -0.05) is 60.8 Å². The van der Waals surface area contributed by atoms with Crippen molar-refractivity contribution >= 4 is 0 Å². The zero-order valence-electron chi connectivity index (χ0n) is 16.0. The lowest BCUT2D eigenvalue weighted by Gasteiger charge is -1.99. The second-order valence-electron chi connectivity index (χ2n) is 6.22. The minimum absolute atomic E-state index is 0.365. The number of allylic oxidation sites excluding steroid dienone is 9. The number of unbranched alkanes of at least 4 members (excludes halogenated alkanes) is 5. The topological polar surface area (TPSA) is 20.2 Å². The van der Waals surface area contributed by atoms with Crippen LogP contribution in [0.5, 0.6) is 0 Å². The summed E-state index contributed by atoms with van der Waals surface area (Å²) in [7, 11) is 0. The van der Waals surface area contributed by atoms with E-state index in [-0.39, 0.29) is 6.10 Å². The molecule has 0 heterocycles. The first-order chi connectivity index (χ1) is 12.3. The molecule has 0 spiro atoms. The molecule has 1 atom stereocenters. The molecular formula is C24H38O. The van der Waals surface area contributed by atoms with Gasteiger partial charge < -0.3 is 5.11 Å². The first-order valence-electron chi connectivity index (χ1n) is 9.82. The molecular weight excluding hydrogens is 304 g/mol. The SMILES string of the molecule is C=CCCCC=CCCC=CCCC=CCCC=CCCC(O)C=C. The highest BCUT2D eigenvalue weighted by Gasteiger charge is 1.93. The van der Waals surface area contributed by atoms with Crippen molar-refractivity contribution in [2.45, 2.75) is 76.7 Å². The Bertz CT molecular complexity index is 412. The van der Waals surface area contributed by atoms with Gasteiger partial charge in [0.15, 0.2) is 0 Å². The molecule has 1 N–H and O–H groups in total. The van der Waals surface area contributed by atoms with Crippen molar-refractivity contribution in [3.8, 4) is 0 Å². The van der Waals surface area contributed by atoms with E-state index in [1.807, 2.05) is 6.08 Å². The summed E-state index contributed by atoms with van der Waals surface area (Å²) in [6.07, 6.45) is 33.2. The minimum Gasteiger partial charge on any atom is -0.389 e. The third kappa shape index (κ3) is 20.4. The fraction of sp³-hybridized carbons (Fsp3) is 0.500. The van der Waals surface area contributed by atoms with E-state index in [4.69, 9.17) is 0 Å². The standard InChI is InChI=1S/C24H38O/c1-3-5-6-7-8-9-10-11-12-13-14-15-16-17-18-19-20-21-22-23-24(25)4-2/h3-4,8-9,12-13,16-17,20-21,24-25H,1-2,5-7,10-11,14-15,18-19,22-23H2. The van der Waals surface area contributed by atoms with Crippen LogP contribution in [-0.4, -0.2) is 11.2 Å². The van der Waals surface area contributed by atoms with Gasteiger partial charge in [-0.2, -0.15) is 0 Å². The Hall–Kier alpha value is -1.60. The zero-order chi connectivity index (χ0) is 18.4. The average molecular weight is 343 g/mol. The molecule has 25 heavy (non-hydrogen) atoms. The molecule has 1 heteroatoms. The molecule has 0 aliphatic rings. The molecule has 0 aliphatic carbocycles. The monoisotopic (exact) mass is 342 g/mol. The van der Waals surface area contributed by atoms with Gasteiger partial charge in [-0.15, -0.1) is 13.2 Å². The lowest BCUT2D eigenvalue weighted by atomic mass is 10.1. The summed E-state index contributed by atoms with van der Waals surface area (Å²) in [5, 5.41) is 9.33. The van der Waals surface area contributed by atoms with Gasteiger partial charge in [-0.3, -0.25) is 0 Å². The predicted octanol–water partition coefficient (Wildman–Crippen LogP) is 7.24. The van der Waals surface area contributed by atoms with Gasteiger partial charge in [0.1, 0.15) is 0 Å². The van der Waals surface area contributed by atoms with E-state index in [1.165, 1.54) is 12.8 Å². The van der Waals surface area contributed by atoms with E-state index in [0.717, 1.165) is 57.8 Å². The van der Waals surface area contributed by atoms with Gasteiger partial charge in [0.25, 0.3) is 0 Å². The normalized spacial score (nSPS) is 13.5. The van der Waals surface area contributed by atoms with E-state index in [2.05, 4.69) is 61.8 Å². The minimum atomic E-state index is -0.365. The maximum absolute atomic E-state index is 9.33. The maximum Gasteiger partial charge on any atom is 0.0721 e. The summed E-state index contributed by atoms with van der Waals surface area (Å²) in [6, 6.07) is 0. The molecule has 0 fully saturated rings. The number of rotatable bonds is 17. The van der Waals surface area contributed by atoms with Gasteiger partial charge in [0, 0.05) is 0 Å². The molecule has 0 rings (SSSR count). The van der Waals surface area contributed by atoms with Gasteiger partial charge >= 0.3 is 0 Å². The summed E-state index contributed by atoms with van der Waals surface area (Å²) < 4.78 is 0. The molecule has 1 unspecified atom stereocenters. The summed E-state index contributed by atoms with van der Waals surface area (Å²) in [5.41, 5.74) is 0. The molecule has 0 bridgehead atoms. The summed E-state index contributed by atoms with van der Waals surface area (Å²) >= 11 is 0. The largest absolute Gasteiger partial charge is 0.389 e. The highest BCUT2D eigenvalue weighted by molar-refractivity contribution is 4.92. The van der Waals surface area contributed by atoms with Crippen LogP contribution in [0.3, 0.4) is 0 Å². The third-order valence-electron chi connectivity index (χ3n) is 3.85. The first-order valence-corrected chi connectivity index (χ1v) is 9.82. The van der Waals surface area contributed by atoms with Gasteiger partial charge in [-0.25, -0.2) is 0 Å². The third-order valence-corrected chi connectivity index (χ3v) is 3.85. The summed E-state index contributed by atoms with van der Waals surface area (Å²) in [6.45, 7) is 7.30. The quantitative estimate of drug-likeness (QED) is 0.218. The molecule has 1 nitrogen and oxygen atoms in total. The van der Waals surface area contributed by atoms with E-state index in [0.29, 0.717) is 0 Å². The van der Waals surface area contributed by atoms with Crippen LogP contribution in [0, 0.1) is 0 Å². The molecule has 0 amide bonds. The van der Waals surface area contributed by atoms with Gasteiger partial charge in [-0.05, 0) is 70.6 Å². The zero-order valence-corrected chi connectivity index (χ0v) is 16.0. The van der Waals surface area contributed by atoms with Crippen LogP contribution in [0.1, 0.15) is 70.6 Å². The Morgan fingerprint density at radius 1 is 0.560 bits per heavy atom. The fourth-order valence-corrected chi connectivity index (χ4v) is 2.29. The Labute approximate surface area is 156 Å². The Balaban J connectivity index is 3.38. The fourth-order valence-electron chi connectivity index (χ4n) is 2.29. The number of aliphatic hydroxyl groups excluding tert-OH is 1. The van der Waals surface area contributed by atoms with Crippen molar-refractivity contribution in [3.63, 3.8) is 0 Å². The van der Waals surface area contributed by atoms with Crippen molar-refractivity contribution in [2.75, 3.05) is 0 Å². The smallest absolute Gasteiger partial charge is 0.0721 e. The van der Waals surface area contributed by atoms with Gasteiger partial charge in [0.2, 0.25) is 0 Å². The van der Waals surface area contributed by atoms with Crippen molar-refractivity contribution in [1.29, 1.82) is 0 Å². The first kappa shape index (κ1) is 23.4. The Morgan fingerprint density at radius 2 is 0.960 bits per heavy atom. The highest BCUT2D eigenvalue weighted by atomic mass is 16.3. The summed E-state index contributed by atoms with van der Waals surface area (Å²) in [4.78, 5) is 0. The van der Waals surface area contributed by atoms with Crippen LogP contribution in [0.15, 0.2) is 73.9 Å². The molecule has 140 valence electrons. The Morgan fingerprint density at radius 3 is 1.36 bits per heavy atom. The maximum atomic E-state index is 9.33. The molecule has 0 aromatic carbocycles. The second-order valence-corrected chi connectivity index (χ2v) is 6.22. The van der Waals surface area contributed by atoms with Gasteiger partial charge in [0.05, 0.1) is 6.10 Å². The molecule has 0 aromatic heterocycles. The van der Waals surface area contributed by atoms with Crippen LogP contribution in [0.4, 0.5) is 0 Å². The van der Waals surface area contributed by atoms with E-state index in [9.17, 15) is 5.11 Å². The van der Waals surface area contributed by atoms with Crippen molar-refractivity contribution in [3.05, 3.63) is 73.9 Å². The van der Waals surface area contributed by atoms with Crippen LogP contribution >= 0.6 is 0 Å². The molecule has 0 radical (unpaired) electrons. The van der Waals surface area contributed by atoms with Crippen molar-refractivity contribution in [1.82, 2.24) is 0 Å². The average Bonchev–Trinajstić information content (AvgIpc) is 2.63. The molecule has 0 saturated heterocycles. The van der Waals surface area contributed by atoms with Crippen LogP contribution in [0.2, 0.25) is 0 Å². The number of aliphatic hydroxyl groups is 1. The van der Waals surface area contributed by atoms with E-state index >= 15 is 0 Å². The highest BCUT2D eigenvalue weighted by Crippen LogP contribution is 2.03. The van der Waals surface area contributed by atoms with Crippen LogP contribution < -0.4 is 0 Å². The van der Waals surface area contributed by atoms with E-state index < -0.39 is 0 Å². The number of hydrogen-bond donors (Lipinski definition) is 1. The predicted molar refractivity (Wildman–Crippen MR) is 114 cm³/mol. The molecule has 0 aliphatic heterocycles. The van der Waals surface area contributed by atoms with Crippen LogP contribution in [-0.2, 0) is 0 Å². The second kappa shape index (κ2) is 20.4.